The molecule has 0 spiro atoms. The van der Waals surface area contributed by atoms with Crippen LogP contribution in [-0.2, 0) is 10.8 Å². The van der Waals surface area contributed by atoms with E-state index in [1.165, 1.54) is 55.6 Å². The maximum Gasteiger partial charge on any atom is 0.161 e. The molecule has 14 rings (SSSR count). The van der Waals surface area contributed by atoms with Crippen molar-refractivity contribution in [1.29, 1.82) is 0 Å². The Hall–Kier alpha value is -9.38. The first-order valence-electron chi connectivity index (χ1n) is 26.3. The number of nitrogens with zero attached hydrogens (tertiary/aromatic N) is 4. The summed E-state index contributed by atoms with van der Waals surface area (Å²) in [6.07, 6.45) is 0. The van der Waals surface area contributed by atoms with Gasteiger partial charge in [-0.1, -0.05) is 246 Å². The minimum absolute atomic E-state index is 0.159. The zero-order chi connectivity index (χ0) is 51.1. The maximum absolute atomic E-state index is 5.49. The lowest BCUT2D eigenvalue weighted by Gasteiger charge is -2.22. The maximum atomic E-state index is 5.49. The molecule has 4 nitrogen and oxygen atoms in total. The molecule has 0 fully saturated rings. The van der Waals surface area contributed by atoms with Gasteiger partial charge >= 0.3 is 0 Å². The molecule has 0 amide bonds. The molecule has 4 heteroatoms. The predicted molar refractivity (Wildman–Crippen MR) is 314 cm³/mol. The molecule has 0 radical (unpaired) electrons. The highest BCUT2D eigenvalue weighted by atomic mass is 14.9. The van der Waals surface area contributed by atoms with Crippen LogP contribution in [0.3, 0.4) is 0 Å². The Kier molecular flexibility index (Phi) is 10.5. The highest BCUT2D eigenvalue weighted by Gasteiger charge is 2.37. The molecule has 0 N–H and O–H groups in total. The third-order valence-corrected chi connectivity index (χ3v) is 16.2. The van der Waals surface area contributed by atoms with Crippen molar-refractivity contribution >= 4 is 10.8 Å². The first kappa shape index (κ1) is 45.3. The molecular weight excluding hydrogens is 921 g/mol. The molecule has 0 saturated heterocycles. The van der Waals surface area contributed by atoms with Crippen LogP contribution in [0, 0.1) is 0 Å². The third kappa shape index (κ3) is 7.51. The first-order valence-corrected chi connectivity index (χ1v) is 26.3. The van der Waals surface area contributed by atoms with Crippen LogP contribution in [-0.4, -0.2) is 19.9 Å². The summed E-state index contributed by atoms with van der Waals surface area (Å²) in [5, 5.41) is 2.04. The SMILES string of the molecule is CC1(C)c2ccccc2-c2ccc(-c3cc(-c4ccc(-c5ccccc5)cc4)nc(-c4cccc5c(-c6nc(-c7ccc(-c8ccccc8)cc7)cc(-c7ccc8c(c7)C(C)(C)c7ccccc7-8)n6)cccc45)n3)cc21. The molecule has 2 heterocycles. The van der Waals surface area contributed by atoms with Gasteiger partial charge in [-0.15, -0.1) is 0 Å². The van der Waals surface area contributed by atoms with Gasteiger partial charge in [0.15, 0.2) is 11.6 Å². The van der Waals surface area contributed by atoms with Crippen LogP contribution < -0.4 is 0 Å². The van der Waals surface area contributed by atoms with Gasteiger partial charge in [-0.25, -0.2) is 19.9 Å². The second kappa shape index (κ2) is 17.6. The van der Waals surface area contributed by atoms with Crippen molar-refractivity contribution in [1.82, 2.24) is 19.9 Å². The minimum atomic E-state index is -0.159. The van der Waals surface area contributed by atoms with Crippen LogP contribution in [0.2, 0.25) is 0 Å². The number of hydrogen-bond acceptors (Lipinski definition) is 4. The van der Waals surface area contributed by atoms with E-state index in [0.29, 0.717) is 11.6 Å². The second-order valence-electron chi connectivity index (χ2n) is 21.4. The van der Waals surface area contributed by atoms with E-state index in [-0.39, 0.29) is 10.8 Å². The van der Waals surface area contributed by atoms with Gasteiger partial charge in [0, 0.05) is 44.2 Å². The Labute approximate surface area is 444 Å². The summed E-state index contributed by atoms with van der Waals surface area (Å²) in [5.41, 5.74) is 24.3. The molecule has 0 aliphatic heterocycles. The van der Waals surface area contributed by atoms with Crippen LogP contribution in [0.15, 0.2) is 243 Å². The fraction of sp³-hybridized carbons (Fsp3) is 0.0833. The van der Waals surface area contributed by atoms with Crippen molar-refractivity contribution in [2.75, 3.05) is 0 Å². The first-order chi connectivity index (χ1) is 37.2. The molecule has 12 aromatic rings. The monoisotopic (exact) mass is 972 g/mol. The van der Waals surface area contributed by atoms with Crippen LogP contribution in [0.1, 0.15) is 49.9 Å². The van der Waals surface area contributed by atoms with Gasteiger partial charge in [0.2, 0.25) is 0 Å². The van der Waals surface area contributed by atoms with Crippen molar-refractivity contribution in [2.45, 2.75) is 38.5 Å². The zero-order valence-corrected chi connectivity index (χ0v) is 42.9. The Morgan fingerprint density at radius 2 is 0.526 bits per heavy atom. The number of hydrogen-bond donors (Lipinski definition) is 0. The molecular formula is C72H52N4. The fourth-order valence-electron chi connectivity index (χ4n) is 12.1. The van der Waals surface area contributed by atoms with Gasteiger partial charge in [-0.05, 0) is 102 Å². The van der Waals surface area contributed by atoms with Crippen molar-refractivity contribution in [2.24, 2.45) is 0 Å². The van der Waals surface area contributed by atoms with E-state index in [9.17, 15) is 0 Å². The number of fused-ring (bicyclic) bond motifs is 7. The molecule has 0 bridgehead atoms. The third-order valence-electron chi connectivity index (χ3n) is 16.2. The van der Waals surface area contributed by atoms with Crippen LogP contribution in [0.4, 0.5) is 0 Å². The molecule has 0 unspecified atom stereocenters. The number of aromatic nitrogens is 4. The fourth-order valence-corrected chi connectivity index (χ4v) is 12.1. The largest absolute Gasteiger partial charge is 0.228 e. The predicted octanol–water partition coefficient (Wildman–Crippen LogP) is 18.4. The Morgan fingerprint density at radius 3 is 0.934 bits per heavy atom. The topological polar surface area (TPSA) is 51.6 Å². The zero-order valence-electron chi connectivity index (χ0n) is 42.9. The molecule has 360 valence electrons. The summed E-state index contributed by atoms with van der Waals surface area (Å²) in [5.74, 6) is 1.31. The van der Waals surface area contributed by atoms with E-state index in [4.69, 9.17) is 19.9 Å². The summed E-state index contributed by atoms with van der Waals surface area (Å²) in [7, 11) is 0. The Bertz CT molecular complexity index is 3970. The molecule has 10 aromatic carbocycles. The van der Waals surface area contributed by atoms with Gasteiger partial charge in [0.1, 0.15) is 0 Å². The average Bonchev–Trinajstić information content (AvgIpc) is 3.88. The van der Waals surface area contributed by atoms with E-state index < -0.39 is 0 Å². The summed E-state index contributed by atoms with van der Waals surface area (Å²) >= 11 is 0. The van der Waals surface area contributed by atoms with E-state index in [1.807, 2.05) is 0 Å². The van der Waals surface area contributed by atoms with Crippen LogP contribution in [0.25, 0.3) is 123 Å². The Morgan fingerprint density at radius 1 is 0.224 bits per heavy atom. The van der Waals surface area contributed by atoms with E-state index in [1.54, 1.807) is 0 Å². The highest BCUT2D eigenvalue weighted by molar-refractivity contribution is 6.03. The summed E-state index contributed by atoms with van der Waals surface area (Å²) in [6, 6.07) is 87.0. The normalized spacial score (nSPS) is 13.5. The van der Waals surface area contributed by atoms with Crippen molar-refractivity contribution in [3.05, 3.63) is 265 Å². The summed E-state index contributed by atoms with van der Waals surface area (Å²) in [4.78, 5) is 21.9. The number of rotatable bonds is 8. The lowest BCUT2D eigenvalue weighted by atomic mass is 9.82. The van der Waals surface area contributed by atoms with Crippen molar-refractivity contribution < 1.29 is 0 Å². The molecule has 0 atom stereocenters. The molecule has 76 heavy (non-hydrogen) atoms. The number of benzene rings is 10. The van der Waals surface area contributed by atoms with Crippen molar-refractivity contribution in [3.63, 3.8) is 0 Å². The average molecular weight is 973 g/mol. The molecule has 0 saturated carbocycles. The molecule has 2 aliphatic rings. The minimum Gasteiger partial charge on any atom is -0.228 e. The lowest BCUT2D eigenvalue weighted by Crippen LogP contribution is -2.15. The molecule has 2 aromatic heterocycles. The standard InChI is InChI=1S/C72H52N4/c1-71(2)61-27-13-11-21-55(61)57-39-37-51(41-63(57)71)67-43-65(49-33-29-47(30-34-49)45-17-7-5-8-18-45)73-69(75-67)59-25-15-24-54-53(59)23-16-26-60(54)70-74-66(50-35-31-48(32-36-50)46-19-9-6-10-20-46)44-68(76-70)52-38-40-58-56-22-12-14-28-62(56)72(3,4)64(58)42-52/h5-44H,1-4H3. The van der Waals surface area contributed by atoms with Crippen molar-refractivity contribution in [3.8, 4) is 112 Å². The van der Waals surface area contributed by atoms with Crippen LogP contribution in [0.5, 0.6) is 0 Å². The second-order valence-corrected chi connectivity index (χ2v) is 21.4. The highest BCUT2D eigenvalue weighted by Crippen LogP contribution is 2.51. The van der Waals surface area contributed by atoms with E-state index in [2.05, 4.69) is 270 Å². The molecule has 2 aliphatic carbocycles. The Balaban J connectivity index is 0.922. The van der Waals surface area contributed by atoms with Gasteiger partial charge in [-0.2, -0.15) is 0 Å². The quantitative estimate of drug-likeness (QED) is 0.152. The smallest absolute Gasteiger partial charge is 0.161 e. The van der Waals surface area contributed by atoms with Gasteiger partial charge in [-0.3, -0.25) is 0 Å². The van der Waals surface area contributed by atoms with Crippen LogP contribution >= 0.6 is 0 Å². The summed E-state index contributed by atoms with van der Waals surface area (Å²) in [6.45, 7) is 9.32. The van der Waals surface area contributed by atoms with E-state index >= 15 is 0 Å². The summed E-state index contributed by atoms with van der Waals surface area (Å²) < 4.78 is 0. The van der Waals surface area contributed by atoms with E-state index in [0.717, 1.165) is 78.1 Å². The van der Waals surface area contributed by atoms with Gasteiger partial charge in [0.05, 0.1) is 22.8 Å². The van der Waals surface area contributed by atoms with Gasteiger partial charge < -0.3 is 0 Å². The van der Waals surface area contributed by atoms with Gasteiger partial charge in [0.25, 0.3) is 0 Å². The lowest BCUT2D eigenvalue weighted by molar-refractivity contribution is 0.660.